The predicted molar refractivity (Wildman–Crippen MR) is 78.9 cm³/mol. The first-order chi connectivity index (χ1) is 12.5. The molecule has 4 fully saturated rings. The van der Waals surface area contributed by atoms with Gasteiger partial charge in [-0.3, -0.25) is 5.04 Å². The quantitative estimate of drug-likeness (QED) is 0.159. The van der Waals surface area contributed by atoms with Gasteiger partial charge in [0.2, 0.25) is 0 Å². The second-order valence-electron chi connectivity index (χ2n) is 7.67. The van der Waals surface area contributed by atoms with Crippen LogP contribution in [0, 0.1) is 11.8 Å². The minimum atomic E-state index is -5.68. The SMILES string of the molecule is O=C(OCCOC12CC3CC(CC(O)(C3)C1)C2)C(F)(SOO[O-])C(F)(F)F. The van der Waals surface area contributed by atoms with Gasteiger partial charge in [0.25, 0.3) is 0 Å². The van der Waals surface area contributed by atoms with E-state index in [-0.39, 0.29) is 6.61 Å². The molecule has 0 spiro atoms. The molecule has 0 aromatic heterocycles. The number of hydrogen-bond acceptors (Lipinski definition) is 8. The summed E-state index contributed by atoms with van der Waals surface area (Å²) in [5.74, 6) is -1.60. The summed E-state index contributed by atoms with van der Waals surface area (Å²) in [7, 11) is 0. The standard InChI is InChI=1S/C15H20F4O7S/c16-14(15(17,18)19,27-26-25-22)11(20)23-1-2-24-13-6-9-3-10(7-13)5-12(21,4-9)8-13/h9-10,21-22H,1-8H2/p-1. The van der Waals surface area contributed by atoms with Crippen LogP contribution in [-0.4, -0.2) is 46.7 Å². The van der Waals surface area contributed by atoms with Gasteiger partial charge < -0.3 is 19.8 Å². The second kappa shape index (κ2) is 7.30. The highest BCUT2D eigenvalue weighted by molar-refractivity contribution is 7.96. The van der Waals surface area contributed by atoms with E-state index >= 15 is 0 Å². The highest BCUT2D eigenvalue weighted by atomic mass is 32.2. The van der Waals surface area contributed by atoms with E-state index in [2.05, 4.69) is 14.1 Å². The summed E-state index contributed by atoms with van der Waals surface area (Å²) in [6.45, 7) is -0.854. The molecule has 12 heteroatoms. The van der Waals surface area contributed by atoms with E-state index in [0.29, 0.717) is 18.3 Å². The van der Waals surface area contributed by atoms with Crippen molar-refractivity contribution in [2.45, 2.75) is 60.9 Å². The van der Waals surface area contributed by atoms with Gasteiger partial charge in [-0.15, -0.1) is 0 Å². The zero-order valence-corrected chi connectivity index (χ0v) is 14.9. The van der Waals surface area contributed by atoms with Crippen molar-refractivity contribution in [1.29, 1.82) is 0 Å². The fourth-order valence-electron chi connectivity index (χ4n) is 5.04. The average molecular weight is 419 g/mol. The average Bonchev–Trinajstić information content (AvgIpc) is 2.53. The fourth-order valence-corrected chi connectivity index (χ4v) is 5.39. The van der Waals surface area contributed by atoms with Gasteiger partial charge in [-0.05, 0) is 43.9 Å². The molecule has 156 valence electrons. The van der Waals surface area contributed by atoms with E-state index in [1.165, 1.54) is 0 Å². The highest BCUT2D eigenvalue weighted by Gasteiger charge is 2.66. The van der Waals surface area contributed by atoms with E-state index in [1.54, 1.807) is 0 Å². The molecule has 0 aromatic carbocycles. The summed E-state index contributed by atoms with van der Waals surface area (Å²) >= 11 is -1.13. The number of hydrogen-bond donors (Lipinski definition) is 1. The highest BCUT2D eigenvalue weighted by Crippen LogP contribution is 2.58. The number of halogens is 4. The largest absolute Gasteiger partial charge is 0.691 e. The van der Waals surface area contributed by atoms with Crippen LogP contribution < -0.4 is 5.26 Å². The van der Waals surface area contributed by atoms with Gasteiger partial charge in [0, 0.05) is 6.42 Å². The minimum Gasteiger partial charge on any atom is -0.691 e. The Bertz CT molecular complexity index is 561. The minimum absolute atomic E-state index is 0.237. The number of ether oxygens (including phenoxy) is 2. The zero-order valence-electron chi connectivity index (χ0n) is 14.1. The molecule has 27 heavy (non-hydrogen) atoms. The number of aliphatic hydroxyl groups is 1. The number of alkyl halides is 4. The lowest BCUT2D eigenvalue weighted by atomic mass is 9.52. The second-order valence-corrected chi connectivity index (χ2v) is 8.53. The van der Waals surface area contributed by atoms with Crippen LogP contribution in [0.1, 0.15) is 38.5 Å². The molecule has 7 nitrogen and oxygen atoms in total. The Morgan fingerprint density at radius 1 is 1.15 bits per heavy atom. The molecular formula is C15H19F4O7S-. The van der Waals surface area contributed by atoms with Gasteiger partial charge in [0.1, 0.15) is 6.61 Å². The molecule has 4 aliphatic carbocycles. The van der Waals surface area contributed by atoms with Crippen molar-refractivity contribution in [2.24, 2.45) is 11.8 Å². The monoisotopic (exact) mass is 419 g/mol. The Morgan fingerprint density at radius 2 is 1.78 bits per heavy atom. The van der Waals surface area contributed by atoms with Crippen LogP contribution in [0.25, 0.3) is 0 Å². The zero-order chi connectivity index (χ0) is 19.9. The summed E-state index contributed by atoms with van der Waals surface area (Å²) in [4.78, 5) is 11.5. The molecule has 0 amide bonds. The van der Waals surface area contributed by atoms with Crippen LogP contribution in [0.15, 0.2) is 0 Å². The van der Waals surface area contributed by atoms with Gasteiger partial charge in [-0.25, -0.2) is 9.18 Å². The summed E-state index contributed by atoms with van der Waals surface area (Å²) < 4.78 is 65.6. The molecule has 0 radical (unpaired) electrons. The molecule has 4 aliphatic rings. The smallest absolute Gasteiger partial charge is 0.446 e. The maximum absolute atomic E-state index is 13.9. The number of esters is 1. The van der Waals surface area contributed by atoms with E-state index < -0.39 is 47.0 Å². The molecule has 4 saturated carbocycles. The first kappa shape index (κ1) is 21.1. The van der Waals surface area contributed by atoms with Crippen LogP contribution >= 0.6 is 12.0 Å². The molecule has 3 atom stereocenters. The Labute approximate surface area is 156 Å². The van der Waals surface area contributed by atoms with Gasteiger partial charge in [-0.1, -0.05) is 0 Å². The van der Waals surface area contributed by atoms with Crippen molar-refractivity contribution in [1.82, 2.24) is 0 Å². The van der Waals surface area contributed by atoms with Crippen molar-refractivity contribution in [2.75, 3.05) is 13.2 Å². The summed E-state index contributed by atoms with van der Waals surface area (Å²) in [5, 5.41) is 18.3. The van der Waals surface area contributed by atoms with Crippen molar-refractivity contribution in [3.8, 4) is 0 Å². The van der Waals surface area contributed by atoms with Crippen molar-refractivity contribution >= 4 is 18.0 Å². The Morgan fingerprint density at radius 3 is 2.30 bits per heavy atom. The predicted octanol–water partition coefficient (Wildman–Crippen LogP) is 1.73. The first-order valence-electron chi connectivity index (χ1n) is 8.44. The molecule has 0 aliphatic heterocycles. The molecular weight excluding hydrogens is 400 g/mol. The van der Waals surface area contributed by atoms with Crippen molar-refractivity contribution in [3.05, 3.63) is 0 Å². The number of carbonyl (C=O) groups is 1. The molecule has 4 bridgehead atoms. The van der Waals surface area contributed by atoms with Gasteiger partial charge in [0.15, 0.2) is 0 Å². The third-order valence-electron chi connectivity index (χ3n) is 5.51. The summed E-state index contributed by atoms with van der Waals surface area (Å²) in [6.07, 6.45) is -1.31. The molecule has 0 aromatic rings. The first-order valence-corrected chi connectivity index (χ1v) is 9.19. The summed E-state index contributed by atoms with van der Waals surface area (Å²) in [5.41, 5.74) is -1.37. The van der Waals surface area contributed by atoms with Crippen LogP contribution in [0.5, 0.6) is 0 Å². The van der Waals surface area contributed by atoms with Gasteiger partial charge >= 0.3 is 17.1 Å². The molecule has 1 N–H and O–H groups in total. The van der Waals surface area contributed by atoms with Crippen LogP contribution in [-0.2, 0) is 23.6 Å². The normalized spacial score (nSPS) is 37.3. The Balaban J connectivity index is 1.52. The van der Waals surface area contributed by atoms with Crippen molar-refractivity contribution in [3.63, 3.8) is 0 Å². The van der Waals surface area contributed by atoms with E-state index in [9.17, 15) is 32.7 Å². The summed E-state index contributed by atoms with van der Waals surface area (Å²) in [6, 6.07) is 0. The van der Waals surface area contributed by atoms with Gasteiger partial charge in [-0.2, -0.15) is 17.5 Å². The Kier molecular flexibility index (Phi) is 5.70. The maximum Gasteiger partial charge on any atom is 0.446 e. The lowest BCUT2D eigenvalue weighted by molar-refractivity contribution is -0.777. The lowest BCUT2D eigenvalue weighted by Crippen LogP contribution is -2.60. The fraction of sp³-hybridized carbons (Fsp3) is 0.933. The molecule has 3 unspecified atom stereocenters. The van der Waals surface area contributed by atoms with Crippen LogP contribution in [0.3, 0.4) is 0 Å². The molecule has 4 rings (SSSR count). The Hall–Kier alpha value is -0.660. The van der Waals surface area contributed by atoms with E-state index in [1.807, 2.05) is 0 Å². The van der Waals surface area contributed by atoms with E-state index in [0.717, 1.165) is 32.1 Å². The number of rotatable bonds is 8. The van der Waals surface area contributed by atoms with Crippen molar-refractivity contribution < 1.29 is 51.6 Å². The van der Waals surface area contributed by atoms with Gasteiger partial charge in [0.05, 0.1) is 29.9 Å². The third-order valence-corrected chi connectivity index (χ3v) is 6.26. The molecule has 0 saturated heterocycles. The lowest BCUT2D eigenvalue weighted by Gasteiger charge is -2.59. The van der Waals surface area contributed by atoms with Crippen LogP contribution in [0.2, 0.25) is 0 Å². The third kappa shape index (κ3) is 4.20. The topological polar surface area (TPSA) is 97.3 Å². The number of carbonyl (C=O) groups excluding carboxylic acids is 1. The maximum atomic E-state index is 13.9. The van der Waals surface area contributed by atoms with E-state index in [4.69, 9.17) is 4.74 Å². The molecule has 0 heterocycles. The van der Waals surface area contributed by atoms with Crippen LogP contribution in [0.4, 0.5) is 17.6 Å².